The van der Waals surface area contributed by atoms with Gasteiger partial charge in [0.2, 0.25) is 0 Å². The molecule has 1 unspecified atom stereocenters. The normalized spacial score (nSPS) is 12.7. The Morgan fingerprint density at radius 1 is 1.27 bits per heavy atom. The highest BCUT2D eigenvalue weighted by molar-refractivity contribution is 5.67. The van der Waals surface area contributed by atoms with Crippen molar-refractivity contribution in [1.29, 1.82) is 0 Å². The molecule has 22 heavy (non-hydrogen) atoms. The van der Waals surface area contributed by atoms with Crippen LogP contribution < -0.4 is 10.6 Å². The van der Waals surface area contributed by atoms with Crippen LogP contribution in [0.1, 0.15) is 45.7 Å². The summed E-state index contributed by atoms with van der Waals surface area (Å²) in [5, 5.41) is 25.0. The molecule has 1 aromatic rings. The second-order valence-electron chi connectivity index (χ2n) is 6.20. The molecule has 0 bridgehead atoms. The molecular weight excluding hydrogens is 284 g/mol. The quantitative estimate of drug-likeness (QED) is 0.606. The number of aromatic hydroxyl groups is 2. The van der Waals surface area contributed by atoms with E-state index in [-0.39, 0.29) is 17.5 Å². The first-order valence-electron chi connectivity index (χ1n) is 7.41. The second kappa shape index (κ2) is 7.89. The number of hydrogen-bond acceptors (Lipinski definition) is 5. The van der Waals surface area contributed by atoms with Crippen molar-refractivity contribution in [2.75, 3.05) is 13.1 Å². The zero-order valence-corrected chi connectivity index (χ0v) is 13.6. The second-order valence-corrected chi connectivity index (χ2v) is 6.20. The van der Waals surface area contributed by atoms with Crippen LogP contribution in [0, 0.1) is 0 Å². The number of rotatable bonds is 6. The Morgan fingerprint density at radius 2 is 1.95 bits per heavy atom. The summed E-state index contributed by atoms with van der Waals surface area (Å²) < 4.78 is 5.13. The lowest BCUT2D eigenvalue weighted by Crippen LogP contribution is -2.34. The van der Waals surface area contributed by atoms with Gasteiger partial charge in [-0.25, -0.2) is 4.79 Å². The molecule has 0 saturated carbocycles. The predicted octanol–water partition coefficient (Wildman–Crippen LogP) is 2.66. The van der Waals surface area contributed by atoms with Crippen LogP contribution in [0.3, 0.4) is 0 Å². The molecule has 0 aliphatic carbocycles. The van der Waals surface area contributed by atoms with Crippen molar-refractivity contribution in [1.82, 2.24) is 10.6 Å². The van der Waals surface area contributed by atoms with Crippen molar-refractivity contribution in [3.05, 3.63) is 23.8 Å². The number of hydrogen-bond donors (Lipinski definition) is 4. The molecule has 4 N–H and O–H groups in total. The molecule has 1 rings (SSSR count). The monoisotopic (exact) mass is 310 g/mol. The number of ether oxygens (including phenoxy) is 1. The Morgan fingerprint density at radius 3 is 2.55 bits per heavy atom. The van der Waals surface area contributed by atoms with Crippen molar-refractivity contribution in [3.63, 3.8) is 0 Å². The minimum absolute atomic E-state index is 0.0370. The summed E-state index contributed by atoms with van der Waals surface area (Å²) in [6.45, 7) is 8.57. The van der Waals surface area contributed by atoms with E-state index >= 15 is 0 Å². The van der Waals surface area contributed by atoms with Gasteiger partial charge in [0.25, 0.3) is 0 Å². The Balaban J connectivity index is 2.26. The largest absolute Gasteiger partial charge is 0.508 e. The third kappa shape index (κ3) is 6.67. The standard InChI is InChI=1S/C16H26N2O4/c1-11(13-7-6-12(19)10-14(13)20)17-8-5-9-18-15(21)22-16(2,3)4/h6-7,10-11,17,19-20H,5,8-9H2,1-4H3,(H,18,21). The maximum atomic E-state index is 11.4. The number of carbonyl (C=O) groups is 1. The first-order valence-corrected chi connectivity index (χ1v) is 7.41. The summed E-state index contributed by atoms with van der Waals surface area (Å²) in [5.74, 6) is 0.0990. The number of carbonyl (C=O) groups excluding carboxylic acids is 1. The Bertz CT molecular complexity index is 497. The summed E-state index contributed by atoms with van der Waals surface area (Å²) in [5.41, 5.74) is 0.227. The highest BCUT2D eigenvalue weighted by Crippen LogP contribution is 2.27. The van der Waals surface area contributed by atoms with Gasteiger partial charge in [-0.1, -0.05) is 6.07 Å². The summed E-state index contributed by atoms with van der Waals surface area (Å²) in [4.78, 5) is 11.4. The minimum atomic E-state index is -0.493. The zero-order chi connectivity index (χ0) is 16.8. The van der Waals surface area contributed by atoms with Crippen LogP contribution in [0.2, 0.25) is 0 Å². The highest BCUT2D eigenvalue weighted by Gasteiger charge is 2.15. The molecule has 1 atom stereocenters. The molecule has 124 valence electrons. The molecule has 0 aliphatic rings. The molecule has 0 saturated heterocycles. The fourth-order valence-electron chi connectivity index (χ4n) is 1.92. The average Bonchev–Trinajstić information content (AvgIpc) is 2.35. The number of nitrogens with one attached hydrogen (secondary N) is 2. The van der Waals surface area contributed by atoms with Crippen LogP contribution in [0.25, 0.3) is 0 Å². The smallest absolute Gasteiger partial charge is 0.407 e. The first-order chi connectivity index (χ1) is 10.2. The molecule has 0 aliphatic heterocycles. The Labute approximate surface area is 131 Å². The molecule has 0 radical (unpaired) electrons. The number of phenols is 2. The molecule has 1 aromatic carbocycles. The van der Waals surface area contributed by atoms with Gasteiger partial charge >= 0.3 is 6.09 Å². The van der Waals surface area contributed by atoms with Crippen molar-refractivity contribution in [3.8, 4) is 11.5 Å². The number of phenolic OH excluding ortho intramolecular Hbond substituents is 2. The lowest BCUT2D eigenvalue weighted by molar-refractivity contribution is 0.0527. The van der Waals surface area contributed by atoms with Gasteiger partial charge in [0.05, 0.1) is 0 Å². The van der Waals surface area contributed by atoms with E-state index in [4.69, 9.17) is 4.74 Å². The maximum Gasteiger partial charge on any atom is 0.407 e. The van der Waals surface area contributed by atoms with E-state index in [9.17, 15) is 15.0 Å². The van der Waals surface area contributed by atoms with Crippen LogP contribution in [-0.2, 0) is 4.74 Å². The van der Waals surface area contributed by atoms with Crippen LogP contribution >= 0.6 is 0 Å². The topological polar surface area (TPSA) is 90.8 Å². The summed E-state index contributed by atoms with van der Waals surface area (Å²) in [6.07, 6.45) is 0.319. The van der Waals surface area contributed by atoms with E-state index < -0.39 is 11.7 Å². The fourth-order valence-corrected chi connectivity index (χ4v) is 1.92. The van der Waals surface area contributed by atoms with E-state index in [0.29, 0.717) is 13.1 Å². The van der Waals surface area contributed by atoms with Gasteiger partial charge in [0.1, 0.15) is 17.1 Å². The van der Waals surface area contributed by atoms with Gasteiger partial charge < -0.3 is 25.6 Å². The molecule has 1 amide bonds. The fraction of sp³-hybridized carbons (Fsp3) is 0.562. The van der Waals surface area contributed by atoms with Gasteiger partial charge in [-0.3, -0.25) is 0 Å². The first kappa shape index (κ1) is 18.1. The molecule has 0 aromatic heterocycles. The van der Waals surface area contributed by atoms with Gasteiger partial charge in [-0.2, -0.15) is 0 Å². The molecule has 0 spiro atoms. The third-order valence-electron chi connectivity index (χ3n) is 2.95. The molecule has 0 fully saturated rings. The van der Waals surface area contributed by atoms with E-state index in [1.165, 1.54) is 12.1 Å². The van der Waals surface area contributed by atoms with Crippen LogP contribution in [0.5, 0.6) is 11.5 Å². The number of amides is 1. The number of benzene rings is 1. The van der Waals surface area contributed by atoms with Crippen molar-refractivity contribution >= 4 is 6.09 Å². The summed E-state index contributed by atoms with van der Waals surface area (Å²) in [7, 11) is 0. The van der Waals surface area contributed by atoms with Crippen molar-refractivity contribution in [2.24, 2.45) is 0 Å². The van der Waals surface area contributed by atoms with Crippen LogP contribution in [0.4, 0.5) is 4.79 Å². The van der Waals surface area contributed by atoms with Crippen molar-refractivity contribution in [2.45, 2.75) is 45.8 Å². The Hall–Kier alpha value is -1.95. The maximum absolute atomic E-state index is 11.4. The molecule has 6 heteroatoms. The van der Waals surface area contributed by atoms with Gasteiger partial charge in [0.15, 0.2) is 0 Å². The molecule has 6 nitrogen and oxygen atoms in total. The van der Waals surface area contributed by atoms with Gasteiger partial charge in [0, 0.05) is 24.2 Å². The predicted molar refractivity (Wildman–Crippen MR) is 85.0 cm³/mol. The lowest BCUT2D eigenvalue weighted by Gasteiger charge is -2.20. The highest BCUT2D eigenvalue weighted by atomic mass is 16.6. The average molecular weight is 310 g/mol. The number of alkyl carbamates (subject to hydrolysis) is 1. The zero-order valence-electron chi connectivity index (χ0n) is 13.6. The van der Waals surface area contributed by atoms with Crippen molar-refractivity contribution < 1.29 is 19.7 Å². The minimum Gasteiger partial charge on any atom is -0.508 e. The van der Waals surface area contributed by atoms with E-state index in [1.807, 2.05) is 27.7 Å². The summed E-state index contributed by atoms with van der Waals surface area (Å²) in [6, 6.07) is 4.48. The van der Waals surface area contributed by atoms with Crippen LogP contribution in [-0.4, -0.2) is 35.0 Å². The van der Waals surface area contributed by atoms with Gasteiger partial charge in [-0.15, -0.1) is 0 Å². The van der Waals surface area contributed by atoms with E-state index in [0.717, 1.165) is 12.0 Å². The molecule has 0 heterocycles. The molecular formula is C16H26N2O4. The van der Waals surface area contributed by atoms with Crippen LogP contribution in [0.15, 0.2) is 18.2 Å². The lowest BCUT2D eigenvalue weighted by atomic mass is 10.1. The third-order valence-corrected chi connectivity index (χ3v) is 2.95. The van der Waals surface area contributed by atoms with E-state index in [2.05, 4.69) is 10.6 Å². The van der Waals surface area contributed by atoms with Gasteiger partial charge in [-0.05, 0) is 46.7 Å². The SMILES string of the molecule is CC(NCCCNC(=O)OC(C)(C)C)c1ccc(O)cc1O. The Kier molecular flexibility index (Phi) is 6.49. The van der Waals surface area contributed by atoms with E-state index in [1.54, 1.807) is 6.07 Å². The summed E-state index contributed by atoms with van der Waals surface area (Å²) >= 11 is 0.